The highest BCUT2D eigenvalue weighted by atomic mass is 79.9. The molecule has 2 aromatic rings. The number of thiazole rings is 1. The summed E-state index contributed by atoms with van der Waals surface area (Å²) in [5, 5.41) is 4.40. The van der Waals surface area contributed by atoms with Crippen molar-refractivity contribution in [3.8, 4) is 0 Å². The Hall–Kier alpha value is -0.980. The van der Waals surface area contributed by atoms with E-state index in [1.165, 1.54) is 4.88 Å². The second-order valence-electron chi connectivity index (χ2n) is 3.75. The second kappa shape index (κ2) is 5.77. The SMILES string of the molecule is Cc1ncc(CNc2cc(Br)ccc2C(N)=S)s1. The Kier molecular flexibility index (Phi) is 4.31. The summed E-state index contributed by atoms with van der Waals surface area (Å²) in [4.78, 5) is 5.80. The molecule has 0 atom stereocenters. The van der Waals surface area contributed by atoms with E-state index in [2.05, 4.69) is 26.2 Å². The van der Waals surface area contributed by atoms with Crippen LogP contribution >= 0.6 is 39.5 Å². The third-order valence-electron chi connectivity index (χ3n) is 2.37. The molecule has 0 radical (unpaired) electrons. The quantitative estimate of drug-likeness (QED) is 0.836. The Morgan fingerprint density at radius 2 is 2.33 bits per heavy atom. The van der Waals surface area contributed by atoms with Crippen molar-refractivity contribution in [2.45, 2.75) is 13.5 Å². The van der Waals surface area contributed by atoms with Gasteiger partial charge < -0.3 is 11.1 Å². The smallest absolute Gasteiger partial charge is 0.106 e. The van der Waals surface area contributed by atoms with Gasteiger partial charge in [0.05, 0.1) is 11.6 Å². The lowest BCUT2D eigenvalue weighted by Gasteiger charge is -2.10. The number of halogens is 1. The molecule has 0 saturated carbocycles. The number of rotatable bonds is 4. The molecular weight excluding hydrogens is 330 g/mol. The molecule has 3 nitrogen and oxygen atoms in total. The van der Waals surface area contributed by atoms with Gasteiger partial charge in [-0.2, -0.15) is 0 Å². The van der Waals surface area contributed by atoms with Crippen LogP contribution in [0.5, 0.6) is 0 Å². The van der Waals surface area contributed by atoms with Gasteiger partial charge in [0.1, 0.15) is 4.99 Å². The Labute approximate surface area is 124 Å². The lowest BCUT2D eigenvalue weighted by Crippen LogP contribution is -2.13. The molecule has 1 heterocycles. The third kappa shape index (κ3) is 3.28. The fourth-order valence-electron chi connectivity index (χ4n) is 1.55. The number of nitrogens with two attached hydrogens (primary N) is 1. The lowest BCUT2D eigenvalue weighted by atomic mass is 10.2. The fraction of sp³-hybridized carbons (Fsp3) is 0.167. The summed E-state index contributed by atoms with van der Waals surface area (Å²) in [6, 6.07) is 5.81. The van der Waals surface area contributed by atoms with Crippen LogP contribution in [0.3, 0.4) is 0 Å². The number of benzene rings is 1. The number of aryl methyl sites for hydroxylation is 1. The number of hydrogen-bond donors (Lipinski definition) is 2. The fourth-order valence-corrected chi connectivity index (χ4v) is 2.82. The average molecular weight is 342 g/mol. The minimum atomic E-state index is 0.394. The number of hydrogen-bond acceptors (Lipinski definition) is 4. The molecular formula is C12H12BrN3S2. The molecule has 0 aliphatic heterocycles. The van der Waals surface area contributed by atoms with E-state index in [-0.39, 0.29) is 0 Å². The lowest BCUT2D eigenvalue weighted by molar-refractivity contribution is 1.16. The topological polar surface area (TPSA) is 50.9 Å². The molecule has 0 aliphatic rings. The van der Waals surface area contributed by atoms with E-state index < -0.39 is 0 Å². The summed E-state index contributed by atoms with van der Waals surface area (Å²) >= 11 is 10.2. The molecule has 0 spiro atoms. The van der Waals surface area contributed by atoms with Gasteiger partial charge in [-0.3, -0.25) is 0 Å². The molecule has 0 fully saturated rings. The van der Waals surface area contributed by atoms with Crippen LogP contribution in [0.25, 0.3) is 0 Å². The van der Waals surface area contributed by atoms with Crippen LogP contribution in [0, 0.1) is 6.92 Å². The van der Waals surface area contributed by atoms with Crippen LogP contribution in [0.15, 0.2) is 28.9 Å². The molecule has 18 heavy (non-hydrogen) atoms. The van der Waals surface area contributed by atoms with Crippen molar-refractivity contribution in [2.75, 3.05) is 5.32 Å². The maximum Gasteiger partial charge on any atom is 0.106 e. The van der Waals surface area contributed by atoms with E-state index in [0.717, 1.165) is 27.3 Å². The standard InChI is InChI=1S/C12H12BrN3S2/c1-7-15-5-9(18-7)6-16-11-4-8(13)2-3-10(11)12(14)17/h2-5,16H,6H2,1H3,(H2,14,17). The molecule has 1 aromatic heterocycles. The van der Waals surface area contributed by atoms with E-state index in [0.29, 0.717) is 4.99 Å². The molecule has 0 aliphatic carbocycles. The largest absolute Gasteiger partial charge is 0.389 e. The van der Waals surface area contributed by atoms with E-state index in [1.54, 1.807) is 11.3 Å². The van der Waals surface area contributed by atoms with E-state index in [1.807, 2.05) is 31.3 Å². The van der Waals surface area contributed by atoms with Crippen molar-refractivity contribution in [2.24, 2.45) is 5.73 Å². The van der Waals surface area contributed by atoms with Crippen LogP contribution in [0.2, 0.25) is 0 Å². The molecule has 3 N–H and O–H groups in total. The van der Waals surface area contributed by atoms with Crippen molar-refractivity contribution in [1.82, 2.24) is 4.98 Å². The molecule has 1 aromatic carbocycles. The van der Waals surface area contributed by atoms with Crippen molar-refractivity contribution >= 4 is 50.2 Å². The number of nitrogens with zero attached hydrogens (tertiary/aromatic N) is 1. The monoisotopic (exact) mass is 341 g/mol. The van der Waals surface area contributed by atoms with Gasteiger partial charge in [-0.05, 0) is 25.1 Å². The van der Waals surface area contributed by atoms with Crippen LogP contribution in [-0.4, -0.2) is 9.97 Å². The van der Waals surface area contributed by atoms with Crippen LogP contribution in [-0.2, 0) is 6.54 Å². The molecule has 0 bridgehead atoms. The predicted molar refractivity (Wildman–Crippen MR) is 84.2 cm³/mol. The first-order valence-electron chi connectivity index (χ1n) is 5.31. The highest BCUT2D eigenvalue weighted by molar-refractivity contribution is 9.10. The van der Waals surface area contributed by atoms with Gasteiger partial charge in [0, 0.05) is 26.8 Å². The summed E-state index contributed by atoms with van der Waals surface area (Å²) in [7, 11) is 0. The Morgan fingerprint density at radius 1 is 1.56 bits per heavy atom. The van der Waals surface area contributed by atoms with Gasteiger partial charge in [-0.15, -0.1) is 11.3 Å². The van der Waals surface area contributed by atoms with Gasteiger partial charge in [-0.1, -0.05) is 28.1 Å². The summed E-state index contributed by atoms with van der Waals surface area (Å²) < 4.78 is 0.991. The van der Waals surface area contributed by atoms with Crippen molar-refractivity contribution in [1.29, 1.82) is 0 Å². The maximum absolute atomic E-state index is 5.70. The van der Waals surface area contributed by atoms with E-state index in [4.69, 9.17) is 18.0 Å². The van der Waals surface area contributed by atoms with Crippen molar-refractivity contribution in [3.05, 3.63) is 44.3 Å². The maximum atomic E-state index is 5.70. The van der Waals surface area contributed by atoms with Gasteiger partial charge in [-0.25, -0.2) is 4.98 Å². The molecule has 94 valence electrons. The summed E-state index contributed by atoms with van der Waals surface area (Å²) in [5.74, 6) is 0. The molecule has 0 saturated heterocycles. The Bertz CT molecular complexity index is 580. The zero-order valence-corrected chi connectivity index (χ0v) is 13.0. The zero-order valence-electron chi connectivity index (χ0n) is 9.74. The second-order valence-corrected chi connectivity index (χ2v) is 6.43. The zero-order chi connectivity index (χ0) is 13.1. The number of aromatic nitrogens is 1. The van der Waals surface area contributed by atoms with Crippen molar-refractivity contribution in [3.63, 3.8) is 0 Å². The number of anilines is 1. The van der Waals surface area contributed by atoms with Gasteiger partial charge in [0.15, 0.2) is 0 Å². The molecule has 0 unspecified atom stereocenters. The summed E-state index contributed by atoms with van der Waals surface area (Å²) in [6.07, 6.45) is 1.88. The van der Waals surface area contributed by atoms with E-state index >= 15 is 0 Å². The molecule has 6 heteroatoms. The average Bonchev–Trinajstić information content (AvgIpc) is 2.72. The predicted octanol–water partition coefficient (Wildman–Crippen LogP) is 3.46. The van der Waals surface area contributed by atoms with Crippen LogP contribution in [0.4, 0.5) is 5.69 Å². The normalized spacial score (nSPS) is 10.3. The highest BCUT2D eigenvalue weighted by Crippen LogP contribution is 2.23. The minimum absolute atomic E-state index is 0.394. The van der Waals surface area contributed by atoms with Crippen LogP contribution in [0.1, 0.15) is 15.4 Å². The number of thiocarbonyl (C=S) groups is 1. The van der Waals surface area contributed by atoms with Gasteiger partial charge in [0.2, 0.25) is 0 Å². The Morgan fingerprint density at radius 3 is 2.94 bits per heavy atom. The number of nitrogens with one attached hydrogen (secondary N) is 1. The highest BCUT2D eigenvalue weighted by Gasteiger charge is 2.06. The first kappa shape index (κ1) is 13.5. The van der Waals surface area contributed by atoms with Crippen LogP contribution < -0.4 is 11.1 Å². The van der Waals surface area contributed by atoms with Gasteiger partial charge >= 0.3 is 0 Å². The summed E-state index contributed by atoms with van der Waals surface area (Å²) in [5.41, 5.74) is 7.49. The third-order valence-corrected chi connectivity index (χ3v) is 4.00. The molecule has 2 rings (SSSR count). The van der Waals surface area contributed by atoms with Crippen molar-refractivity contribution < 1.29 is 0 Å². The first-order chi connectivity index (χ1) is 8.56. The molecule has 0 amide bonds. The van der Waals surface area contributed by atoms with Gasteiger partial charge in [0.25, 0.3) is 0 Å². The summed E-state index contributed by atoms with van der Waals surface area (Å²) in [6.45, 7) is 2.71. The Balaban J connectivity index is 2.17. The minimum Gasteiger partial charge on any atom is -0.389 e. The van der Waals surface area contributed by atoms with E-state index in [9.17, 15) is 0 Å². The first-order valence-corrected chi connectivity index (χ1v) is 7.32.